The number of methoxy groups -OCH3 is 1. The van der Waals surface area contributed by atoms with Crippen LogP contribution in [-0.2, 0) is 0 Å². The van der Waals surface area contributed by atoms with Crippen LogP contribution in [0, 0.1) is 10.1 Å². The fourth-order valence-corrected chi connectivity index (χ4v) is 3.32. The molecule has 0 aliphatic carbocycles. The van der Waals surface area contributed by atoms with Crippen molar-refractivity contribution in [2.24, 2.45) is 5.84 Å². The van der Waals surface area contributed by atoms with Crippen molar-refractivity contribution in [3.63, 3.8) is 0 Å². The minimum Gasteiger partial charge on any atom is -0.496 e. The molecule has 0 aliphatic rings. The lowest BCUT2D eigenvalue weighted by molar-refractivity contribution is -0.384. The van der Waals surface area contributed by atoms with Gasteiger partial charge in [-0.1, -0.05) is 18.2 Å². The van der Waals surface area contributed by atoms with E-state index in [9.17, 15) is 19.7 Å². The van der Waals surface area contributed by atoms with E-state index in [-0.39, 0.29) is 22.8 Å². The predicted molar refractivity (Wildman–Crippen MR) is 111 cm³/mol. The van der Waals surface area contributed by atoms with E-state index in [0.29, 0.717) is 22.2 Å². The average molecular weight is 420 g/mol. The fraction of sp³-hybridized carbons (Fsp3) is 0.0476. The third-order valence-corrected chi connectivity index (χ3v) is 4.78. The van der Waals surface area contributed by atoms with Crippen LogP contribution in [0.4, 0.5) is 5.69 Å². The molecule has 0 saturated heterocycles. The van der Waals surface area contributed by atoms with Gasteiger partial charge < -0.3 is 9.15 Å². The summed E-state index contributed by atoms with van der Waals surface area (Å²) in [6.07, 6.45) is 1.38. The number of hydrazine groups is 1. The number of nitro benzene ring substituents is 1. The Labute approximate surface area is 174 Å². The van der Waals surface area contributed by atoms with E-state index >= 15 is 0 Å². The first kappa shape index (κ1) is 19.9. The number of carbonyl (C=O) groups excluding carboxylic acids is 2. The number of nitrogen functional groups attached to an aromatic ring is 1. The Bertz CT molecular complexity index is 1340. The van der Waals surface area contributed by atoms with Crippen LogP contribution in [0.5, 0.6) is 5.75 Å². The number of nitrogens with one attached hydrogen (secondary N) is 1. The number of rotatable bonds is 5. The van der Waals surface area contributed by atoms with Crippen molar-refractivity contribution in [2.45, 2.75) is 0 Å². The first-order valence-corrected chi connectivity index (χ1v) is 9.03. The van der Waals surface area contributed by atoms with Gasteiger partial charge in [-0.05, 0) is 24.3 Å². The van der Waals surface area contributed by atoms with Gasteiger partial charge >= 0.3 is 0 Å². The molecule has 10 nitrogen and oxygen atoms in total. The van der Waals surface area contributed by atoms with Gasteiger partial charge in [0.25, 0.3) is 17.5 Å². The molecule has 0 unspecified atom stereocenters. The van der Waals surface area contributed by atoms with Gasteiger partial charge in [0.2, 0.25) is 0 Å². The lowest BCUT2D eigenvalue weighted by Crippen LogP contribution is -2.29. The SMILES string of the molecule is COc1ccc([N+](=O)[O-])cc1-c1ccc(C(=O)n2cc(C(=O)NN)c3ccccc32)o1. The summed E-state index contributed by atoms with van der Waals surface area (Å²) in [6, 6.07) is 13.9. The number of nitrogens with zero attached hydrogens (tertiary/aromatic N) is 2. The Kier molecular flexibility index (Phi) is 4.97. The number of nitrogens with two attached hydrogens (primary N) is 1. The van der Waals surface area contributed by atoms with Gasteiger partial charge in [-0.2, -0.15) is 0 Å². The molecule has 156 valence electrons. The molecule has 0 saturated carbocycles. The molecule has 4 aromatic rings. The Morgan fingerprint density at radius 2 is 1.94 bits per heavy atom. The van der Waals surface area contributed by atoms with Gasteiger partial charge in [0.1, 0.15) is 11.5 Å². The smallest absolute Gasteiger partial charge is 0.298 e. The molecule has 2 aromatic carbocycles. The fourth-order valence-electron chi connectivity index (χ4n) is 3.32. The van der Waals surface area contributed by atoms with Crippen molar-refractivity contribution in [3.05, 3.63) is 82.2 Å². The van der Waals surface area contributed by atoms with Crippen LogP contribution in [0.15, 0.2) is 65.2 Å². The number of ether oxygens (including phenoxy) is 1. The van der Waals surface area contributed by atoms with Crippen molar-refractivity contribution < 1.29 is 23.7 Å². The highest BCUT2D eigenvalue weighted by atomic mass is 16.6. The summed E-state index contributed by atoms with van der Waals surface area (Å²) in [5.74, 6) is 4.74. The van der Waals surface area contributed by atoms with E-state index in [1.54, 1.807) is 24.3 Å². The van der Waals surface area contributed by atoms with Gasteiger partial charge in [0, 0.05) is 23.7 Å². The number of furan rings is 1. The van der Waals surface area contributed by atoms with E-state index in [1.165, 1.54) is 48.2 Å². The van der Waals surface area contributed by atoms with Crippen LogP contribution in [0.25, 0.3) is 22.2 Å². The third-order valence-electron chi connectivity index (χ3n) is 4.78. The highest BCUT2D eigenvalue weighted by Gasteiger charge is 2.22. The lowest BCUT2D eigenvalue weighted by atomic mass is 10.1. The van der Waals surface area contributed by atoms with Crippen LogP contribution >= 0.6 is 0 Å². The van der Waals surface area contributed by atoms with Crippen LogP contribution in [0.3, 0.4) is 0 Å². The van der Waals surface area contributed by atoms with Crippen molar-refractivity contribution in [1.82, 2.24) is 9.99 Å². The zero-order valence-electron chi connectivity index (χ0n) is 16.2. The number of amides is 1. The molecule has 3 N–H and O–H groups in total. The number of carbonyl (C=O) groups is 2. The van der Waals surface area contributed by atoms with Crippen molar-refractivity contribution in [3.8, 4) is 17.1 Å². The monoisotopic (exact) mass is 420 g/mol. The molecule has 4 rings (SSSR count). The van der Waals surface area contributed by atoms with Gasteiger partial charge in [-0.3, -0.25) is 29.7 Å². The molecule has 31 heavy (non-hydrogen) atoms. The number of benzene rings is 2. The second kappa shape index (κ2) is 7.76. The van der Waals surface area contributed by atoms with Crippen molar-refractivity contribution in [2.75, 3.05) is 7.11 Å². The zero-order chi connectivity index (χ0) is 22.1. The molecule has 2 heterocycles. The summed E-state index contributed by atoms with van der Waals surface area (Å²) < 4.78 is 12.3. The summed E-state index contributed by atoms with van der Waals surface area (Å²) in [4.78, 5) is 35.8. The topological polar surface area (TPSA) is 143 Å². The predicted octanol–water partition coefficient (Wildman–Crippen LogP) is 3.11. The molecule has 2 aromatic heterocycles. The summed E-state index contributed by atoms with van der Waals surface area (Å²) in [6.45, 7) is 0. The highest BCUT2D eigenvalue weighted by Crippen LogP contribution is 2.35. The quantitative estimate of drug-likeness (QED) is 0.218. The first-order valence-electron chi connectivity index (χ1n) is 9.03. The maximum atomic E-state index is 13.1. The zero-order valence-corrected chi connectivity index (χ0v) is 16.2. The number of fused-ring (bicyclic) bond motifs is 1. The molecular formula is C21H16N4O6. The van der Waals surface area contributed by atoms with Gasteiger partial charge in [0.15, 0.2) is 5.76 Å². The molecule has 0 bridgehead atoms. The number of hydrogen-bond acceptors (Lipinski definition) is 7. The number of hydrogen-bond donors (Lipinski definition) is 2. The molecule has 0 fully saturated rings. The molecule has 0 spiro atoms. The number of nitro groups is 1. The minimum absolute atomic E-state index is 0.0241. The first-order chi connectivity index (χ1) is 14.9. The van der Waals surface area contributed by atoms with E-state index < -0.39 is 16.7 Å². The second-order valence-corrected chi connectivity index (χ2v) is 6.51. The van der Waals surface area contributed by atoms with Gasteiger partial charge in [-0.25, -0.2) is 5.84 Å². The van der Waals surface area contributed by atoms with Gasteiger partial charge in [-0.15, -0.1) is 0 Å². The largest absolute Gasteiger partial charge is 0.496 e. The maximum absolute atomic E-state index is 13.1. The van der Waals surface area contributed by atoms with Crippen molar-refractivity contribution >= 4 is 28.4 Å². The maximum Gasteiger partial charge on any atom is 0.298 e. The Morgan fingerprint density at radius 3 is 2.65 bits per heavy atom. The summed E-state index contributed by atoms with van der Waals surface area (Å²) in [5.41, 5.74) is 2.98. The van der Waals surface area contributed by atoms with Crippen LogP contribution in [-0.4, -0.2) is 28.4 Å². The average Bonchev–Trinajstić information content (AvgIpc) is 3.43. The standard InChI is InChI=1S/C21H16N4O6/c1-30-17-7-6-12(25(28)29)10-14(17)18-8-9-19(31-18)21(27)24-11-15(20(26)23-22)13-4-2-3-5-16(13)24/h2-11H,22H2,1H3,(H,23,26). The summed E-state index contributed by atoms with van der Waals surface area (Å²) in [7, 11) is 1.43. The molecular weight excluding hydrogens is 404 g/mol. The van der Waals surface area contributed by atoms with E-state index in [0.717, 1.165) is 0 Å². The van der Waals surface area contributed by atoms with Crippen LogP contribution < -0.4 is 16.0 Å². The van der Waals surface area contributed by atoms with E-state index in [4.69, 9.17) is 15.0 Å². The number of para-hydroxylation sites is 1. The minimum atomic E-state index is -0.538. The summed E-state index contributed by atoms with van der Waals surface area (Å²) in [5, 5.41) is 11.7. The molecule has 1 amide bonds. The lowest BCUT2D eigenvalue weighted by Gasteiger charge is -2.06. The Hall–Kier alpha value is -4.44. The van der Waals surface area contributed by atoms with Crippen molar-refractivity contribution in [1.29, 1.82) is 0 Å². The number of non-ortho nitro benzene ring substituents is 1. The molecule has 0 radical (unpaired) electrons. The number of aromatic nitrogens is 1. The Morgan fingerprint density at radius 1 is 1.16 bits per heavy atom. The van der Waals surface area contributed by atoms with Gasteiger partial charge in [0.05, 0.1) is 28.7 Å². The Balaban J connectivity index is 1.78. The van der Waals surface area contributed by atoms with E-state index in [1.807, 2.05) is 0 Å². The normalized spacial score (nSPS) is 10.8. The molecule has 0 aliphatic heterocycles. The molecule has 10 heteroatoms. The highest BCUT2D eigenvalue weighted by molar-refractivity contribution is 6.10. The summed E-state index contributed by atoms with van der Waals surface area (Å²) >= 11 is 0. The third kappa shape index (κ3) is 3.40. The van der Waals surface area contributed by atoms with Crippen LogP contribution in [0.1, 0.15) is 20.9 Å². The molecule has 0 atom stereocenters. The van der Waals surface area contributed by atoms with E-state index in [2.05, 4.69) is 5.43 Å². The second-order valence-electron chi connectivity index (χ2n) is 6.51. The van der Waals surface area contributed by atoms with Crippen LogP contribution in [0.2, 0.25) is 0 Å².